The lowest BCUT2D eigenvalue weighted by molar-refractivity contribution is -0.135. The third-order valence-corrected chi connectivity index (χ3v) is 10.0. The Morgan fingerprint density at radius 3 is 2.00 bits per heavy atom. The summed E-state index contributed by atoms with van der Waals surface area (Å²) in [6.07, 6.45) is 0.359. The van der Waals surface area contributed by atoms with Crippen molar-refractivity contribution in [3.05, 3.63) is 28.8 Å². The summed E-state index contributed by atoms with van der Waals surface area (Å²) in [5.41, 5.74) is 2.49. The first kappa shape index (κ1) is 23.2. The Balaban J connectivity index is 1.75. The minimum Gasteiger partial charge on any atom is -0.340 e. The molecule has 0 aliphatic carbocycles. The molecule has 0 N–H and O–H groups in total. The molecule has 0 spiro atoms. The highest BCUT2D eigenvalue weighted by Gasteiger charge is 2.38. The first-order valence-electron chi connectivity index (χ1n) is 10.3. The van der Waals surface area contributed by atoms with Crippen LogP contribution in [0.2, 0.25) is 0 Å². The number of carbonyl (C=O) groups is 1. The summed E-state index contributed by atoms with van der Waals surface area (Å²) in [4.78, 5) is 14.6. The van der Waals surface area contributed by atoms with Crippen molar-refractivity contribution in [2.75, 3.05) is 37.7 Å². The van der Waals surface area contributed by atoms with Crippen molar-refractivity contribution in [1.82, 2.24) is 9.21 Å². The van der Waals surface area contributed by atoms with E-state index in [9.17, 15) is 21.6 Å². The summed E-state index contributed by atoms with van der Waals surface area (Å²) >= 11 is 0. The van der Waals surface area contributed by atoms with Crippen LogP contribution in [0.3, 0.4) is 0 Å². The Morgan fingerprint density at radius 2 is 1.57 bits per heavy atom. The van der Waals surface area contributed by atoms with Gasteiger partial charge in [0.05, 0.1) is 22.3 Å². The highest BCUT2D eigenvalue weighted by Crippen LogP contribution is 2.31. The van der Waals surface area contributed by atoms with Gasteiger partial charge < -0.3 is 4.90 Å². The van der Waals surface area contributed by atoms with Gasteiger partial charge in [-0.05, 0) is 42.4 Å². The Labute approximate surface area is 180 Å². The monoisotopic (exact) mass is 456 g/mol. The van der Waals surface area contributed by atoms with Gasteiger partial charge in [0.25, 0.3) is 0 Å². The van der Waals surface area contributed by atoms with Crippen molar-refractivity contribution in [3.63, 3.8) is 0 Å². The van der Waals surface area contributed by atoms with E-state index >= 15 is 0 Å². The van der Waals surface area contributed by atoms with Gasteiger partial charge in [-0.3, -0.25) is 4.79 Å². The summed E-state index contributed by atoms with van der Waals surface area (Å²) in [7, 11) is -6.80. The molecule has 1 aromatic rings. The zero-order chi connectivity index (χ0) is 22.5. The molecular weight excluding hydrogens is 424 g/mol. The number of nitrogens with zero attached hydrogens (tertiary/aromatic N) is 2. The maximum absolute atomic E-state index is 13.4. The average molecular weight is 457 g/mol. The first-order valence-corrected chi connectivity index (χ1v) is 13.6. The molecule has 30 heavy (non-hydrogen) atoms. The van der Waals surface area contributed by atoms with Crippen LogP contribution >= 0.6 is 0 Å². The minimum atomic E-state index is -3.67. The van der Waals surface area contributed by atoms with Crippen molar-refractivity contribution in [2.24, 2.45) is 5.92 Å². The number of rotatable bonds is 3. The van der Waals surface area contributed by atoms with Crippen LogP contribution in [0, 0.1) is 19.8 Å². The molecule has 0 saturated carbocycles. The fraction of sp³-hybridized carbons (Fsp3) is 0.667. The summed E-state index contributed by atoms with van der Waals surface area (Å²) < 4.78 is 51.5. The Kier molecular flexibility index (Phi) is 6.12. The van der Waals surface area contributed by atoms with Crippen LogP contribution in [0.1, 0.15) is 43.9 Å². The molecule has 0 aromatic heterocycles. The van der Waals surface area contributed by atoms with Crippen molar-refractivity contribution >= 4 is 25.8 Å². The van der Waals surface area contributed by atoms with Crippen molar-refractivity contribution in [3.8, 4) is 0 Å². The molecule has 1 aromatic carbocycles. The molecule has 168 valence electrons. The summed E-state index contributed by atoms with van der Waals surface area (Å²) in [6.45, 7) is 11.0. The molecule has 9 heteroatoms. The largest absolute Gasteiger partial charge is 0.340 e. The topological polar surface area (TPSA) is 91.8 Å². The molecule has 1 amide bonds. The van der Waals surface area contributed by atoms with Crippen molar-refractivity contribution in [2.45, 2.75) is 51.3 Å². The first-order chi connectivity index (χ1) is 13.7. The Hall–Kier alpha value is -1.45. The van der Waals surface area contributed by atoms with Crippen molar-refractivity contribution < 1.29 is 21.6 Å². The van der Waals surface area contributed by atoms with Gasteiger partial charge in [0, 0.05) is 26.2 Å². The molecule has 7 nitrogen and oxygen atoms in total. The van der Waals surface area contributed by atoms with E-state index < -0.39 is 25.8 Å². The lowest BCUT2D eigenvalue weighted by Crippen LogP contribution is -2.52. The standard InChI is InChI=1S/C21H32N2O5S2/c1-15-12-18(21(3,4)5)13-16(2)19(15)30(27,28)23-9-7-22(8-10-23)20(24)17-6-11-29(25,26)14-17/h12-13,17H,6-11,14H2,1-5H3/t17-/m0/s1. The molecule has 2 heterocycles. The molecule has 2 aliphatic rings. The van der Waals surface area contributed by atoms with E-state index in [1.54, 1.807) is 4.90 Å². The van der Waals surface area contributed by atoms with Gasteiger partial charge in [-0.25, -0.2) is 16.8 Å². The summed E-state index contributed by atoms with van der Waals surface area (Å²) in [6, 6.07) is 3.89. The molecule has 2 fully saturated rings. The molecular formula is C21H32N2O5S2. The van der Waals surface area contributed by atoms with E-state index in [0.29, 0.717) is 11.3 Å². The third kappa shape index (κ3) is 4.57. The number of amides is 1. The molecule has 3 rings (SSSR count). The molecule has 2 saturated heterocycles. The SMILES string of the molecule is Cc1cc(C(C)(C)C)cc(C)c1S(=O)(=O)N1CCN(C(=O)[C@H]2CCS(=O)(=O)C2)CC1. The average Bonchev–Trinajstić information content (AvgIpc) is 2.99. The van der Waals surface area contributed by atoms with Crippen LogP contribution < -0.4 is 0 Å². The lowest BCUT2D eigenvalue weighted by Gasteiger charge is -2.35. The normalized spacial score (nSPS) is 23.0. The van der Waals surface area contributed by atoms with Crippen LogP contribution in [0.15, 0.2) is 17.0 Å². The predicted octanol–water partition coefficient (Wildman–Crippen LogP) is 1.87. The fourth-order valence-electron chi connectivity index (χ4n) is 4.32. The van der Waals surface area contributed by atoms with Gasteiger partial charge in [0.1, 0.15) is 0 Å². The van der Waals surface area contributed by atoms with Crippen LogP contribution in [-0.4, -0.2) is 69.6 Å². The highest BCUT2D eigenvalue weighted by molar-refractivity contribution is 7.91. The van der Waals surface area contributed by atoms with E-state index in [2.05, 4.69) is 20.8 Å². The van der Waals surface area contributed by atoms with E-state index in [4.69, 9.17) is 0 Å². The second kappa shape index (κ2) is 7.91. The van der Waals surface area contributed by atoms with Crippen LogP contribution in [0.5, 0.6) is 0 Å². The zero-order valence-electron chi connectivity index (χ0n) is 18.4. The fourth-order valence-corrected chi connectivity index (χ4v) is 7.88. The summed E-state index contributed by atoms with van der Waals surface area (Å²) in [5, 5.41) is 0. The van der Waals surface area contributed by atoms with E-state index in [1.807, 2.05) is 26.0 Å². The number of hydrogen-bond donors (Lipinski definition) is 0. The van der Waals surface area contributed by atoms with Crippen LogP contribution in [0.25, 0.3) is 0 Å². The number of sulfone groups is 1. The number of hydrogen-bond acceptors (Lipinski definition) is 5. The minimum absolute atomic E-state index is 0.0564. The zero-order valence-corrected chi connectivity index (χ0v) is 20.1. The van der Waals surface area contributed by atoms with Gasteiger partial charge in [-0.15, -0.1) is 0 Å². The van der Waals surface area contributed by atoms with E-state index in [0.717, 1.165) is 16.7 Å². The third-order valence-electron chi connectivity index (χ3n) is 6.06. The van der Waals surface area contributed by atoms with Crippen LogP contribution in [-0.2, 0) is 30.1 Å². The number of carbonyl (C=O) groups excluding carboxylic acids is 1. The van der Waals surface area contributed by atoms with E-state index in [-0.39, 0.29) is 49.0 Å². The molecule has 0 unspecified atom stereocenters. The molecule has 1 atom stereocenters. The number of aryl methyl sites for hydroxylation is 2. The molecule has 0 bridgehead atoms. The smallest absolute Gasteiger partial charge is 0.243 e. The second-order valence-corrected chi connectivity index (χ2v) is 13.6. The number of piperazine rings is 1. The molecule has 0 radical (unpaired) electrons. The number of sulfonamides is 1. The van der Waals surface area contributed by atoms with Gasteiger partial charge >= 0.3 is 0 Å². The van der Waals surface area contributed by atoms with Crippen molar-refractivity contribution in [1.29, 1.82) is 0 Å². The number of benzene rings is 1. The molecule has 2 aliphatic heterocycles. The van der Waals surface area contributed by atoms with Gasteiger partial charge in [0.2, 0.25) is 15.9 Å². The van der Waals surface area contributed by atoms with Crippen LogP contribution in [0.4, 0.5) is 0 Å². The predicted molar refractivity (Wildman–Crippen MR) is 117 cm³/mol. The second-order valence-electron chi connectivity index (χ2n) is 9.52. The van der Waals surface area contributed by atoms with Gasteiger partial charge in [-0.1, -0.05) is 32.9 Å². The van der Waals surface area contributed by atoms with Gasteiger partial charge in [-0.2, -0.15) is 4.31 Å². The Bertz CT molecular complexity index is 1020. The van der Waals surface area contributed by atoms with Gasteiger partial charge in [0.15, 0.2) is 9.84 Å². The maximum atomic E-state index is 13.4. The van der Waals surface area contributed by atoms with E-state index in [1.165, 1.54) is 4.31 Å². The Morgan fingerprint density at radius 1 is 1.03 bits per heavy atom. The maximum Gasteiger partial charge on any atom is 0.243 e. The quantitative estimate of drug-likeness (QED) is 0.692. The lowest BCUT2D eigenvalue weighted by atomic mass is 9.85. The summed E-state index contributed by atoms with van der Waals surface area (Å²) in [5.74, 6) is -0.702. The highest BCUT2D eigenvalue weighted by atomic mass is 32.2.